The fourth-order valence-corrected chi connectivity index (χ4v) is 4.94. The minimum atomic E-state index is -4.97. The Bertz CT molecular complexity index is 1890. The number of carbonyl (C=O) groups excluding carboxylic acids is 2. The van der Waals surface area contributed by atoms with Gasteiger partial charge in [0, 0.05) is 30.6 Å². The molecule has 0 saturated carbocycles. The van der Waals surface area contributed by atoms with Gasteiger partial charge in [-0.05, 0) is 42.5 Å². The lowest BCUT2D eigenvalue weighted by molar-refractivity contribution is -0.137. The van der Waals surface area contributed by atoms with Crippen LogP contribution in [0.15, 0.2) is 47.3 Å². The van der Waals surface area contributed by atoms with E-state index in [1.807, 2.05) is 6.07 Å². The van der Waals surface area contributed by atoms with Crippen LogP contribution in [0.4, 0.5) is 27.6 Å². The van der Waals surface area contributed by atoms with Gasteiger partial charge in [-0.3, -0.25) is 18.7 Å². The number of rotatable bonds is 6. The molecule has 1 N–H and O–H groups in total. The molecule has 2 heterocycles. The number of ketones is 1. The summed E-state index contributed by atoms with van der Waals surface area (Å²) in [6, 6.07) is 7.17. The first-order chi connectivity index (χ1) is 19.8. The van der Waals surface area contributed by atoms with Gasteiger partial charge in [0.15, 0.2) is 5.78 Å². The fraction of sp³-hybridized carbons (Fsp3) is 0.214. The number of hydrogen-bond donors (Lipinski definition) is 1. The minimum absolute atomic E-state index is 0.0155. The Morgan fingerprint density at radius 3 is 2.45 bits per heavy atom. The molecule has 42 heavy (non-hydrogen) atoms. The van der Waals surface area contributed by atoms with Crippen LogP contribution in [-0.4, -0.2) is 34.0 Å². The monoisotopic (exact) mass is 604 g/mol. The zero-order valence-corrected chi connectivity index (χ0v) is 22.2. The van der Waals surface area contributed by atoms with E-state index in [0.717, 1.165) is 22.8 Å². The van der Waals surface area contributed by atoms with Gasteiger partial charge in [0.25, 0.3) is 5.91 Å². The number of aryl methyl sites for hydroxylation is 1. The number of amides is 1. The Balaban J connectivity index is 1.75. The molecule has 216 valence electrons. The number of carbonyl (C=O) groups is 2. The summed E-state index contributed by atoms with van der Waals surface area (Å²) in [7, 11) is 1.37. The van der Waals surface area contributed by atoms with Crippen molar-refractivity contribution in [1.82, 2.24) is 9.13 Å². The molecule has 1 aromatic heterocycles. The van der Waals surface area contributed by atoms with Crippen molar-refractivity contribution in [2.75, 3.05) is 18.5 Å². The summed E-state index contributed by atoms with van der Waals surface area (Å²) in [4.78, 5) is 40.2. The second-order valence-corrected chi connectivity index (χ2v) is 10.1. The molecule has 1 fully saturated rings. The number of ether oxygens (including phenoxy) is 1. The molecule has 0 atom stereocenters. The van der Waals surface area contributed by atoms with Gasteiger partial charge in [0.2, 0.25) is 0 Å². The Labute approximate surface area is 238 Å². The van der Waals surface area contributed by atoms with Crippen LogP contribution in [0.1, 0.15) is 37.4 Å². The Morgan fingerprint density at radius 2 is 1.83 bits per heavy atom. The number of hydrogen-bond acceptors (Lipinski definition) is 5. The van der Waals surface area contributed by atoms with Gasteiger partial charge in [-0.25, -0.2) is 13.6 Å². The molecule has 1 aliphatic rings. The first kappa shape index (κ1) is 29.0. The number of nitrogens with zero attached hydrogens (tertiary/aromatic N) is 3. The summed E-state index contributed by atoms with van der Waals surface area (Å²) in [5, 5.41) is 12.3. The highest BCUT2D eigenvalue weighted by Crippen LogP contribution is 2.34. The van der Waals surface area contributed by atoms with Crippen LogP contribution in [0.5, 0.6) is 0 Å². The number of imidazole rings is 1. The van der Waals surface area contributed by atoms with Gasteiger partial charge >= 0.3 is 11.9 Å². The van der Waals surface area contributed by atoms with Crippen LogP contribution in [0.2, 0.25) is 5.02 Å². The van der Waals surface area contributed by atoms with Crippen molar-refractivity contribution in [1.29, 1.82) is 5.26 Å². The number of aromatic nitrogens is 2. The van der Waals surface area contributed by atoms with Crippen molar-refractivity contribution in [3.8, 4) is 6.07 Å². The molecule has 4 aromatic rings. The number of fused-ring (bicyclic) bond motifs is 1. The van der Waals surface area contributed by atoms with E-state index in [0.29, 0.717) is 25.3 Å². The van der Waals surface area contributed by atoms with Crippen LogP contribution in [-0.2, 0) is 24.5 Å². The summed E-state index contributed by atoms with van der Waals surface area (Å²) in [5.41, 5.74) is -4.24. The number of nitriles is 1. The maximum absolute atomic E-state index is 14.1. The van der Waals surface area contributed by atoms with Crippen molar-refractivity contribution in [3.63, 3.8) is 0 Å². The van der Waals surface area contributed by atoms with E-state index in [-0.39, 0.29) is 45.7 Å². The average molecular weight is 605 g/mol. The van der Waals surface area contributed by atoms with Crippen LogP contribution in [0, 0.1) is 28.9 Å². The zero-order valence-electron chi connectivity index (χ0n) is 21.5. The van der Waals surface area contributed by atoms with E-state index in [9.17, 15) is 41.6 Å². The number of alkyl halides is 3. The third-order valence-corrected chi connectivity index (χ3v) is 7.15. The normalized spacial score (nSPS) is 13.6. The number of halogens is 6. The maximum Gasteiger partial charge on any atom is 0.416 e. The van der Waals surface area contributed by atoms with E-state index in [1.165, 1.54) is 17.7 Å². The topological polar surface area (TPSA) is 106 Å². The standard InChI is InChI=1S/C28H18ClF5N4O4/c1-37-24-19(9-35)23(25(39)18-7-16(30)2-3-20(18)29)21(8-22(24)38(27(37)41)10-13-11-42-12-13)36-26(40)14-4-15(28(32,33)34)6-17(31)5-14/h2-8,13H,10-12H2,1H3,(H,36,40). The molecule has 0 spiro atoms. The van der Waals surface area contributed by atoms with Crippen molar-refractivity contribution >= 4 is 40.0 Å². The molecule has 8 nitrogen and oxygen atoms in total. The van der Waals surface area contributed by atoms with E-state index in [1.54, 1.807) is 0 Å². The summed E-state index contributed by atoms with van der Waals surface area (Å²) >= 11 is 6.15. The average Bonchev–Trinajstić information content (AvgIpc) is 3.14. The van der Waals surface area contributed by atoms with Gasteiger partial charge in [0.1, 0.15) is 17.7 Å². The first-order valence-corrected chi connectivity index (χ1v) is 12.6. The third kappa shape index (κ3) is 5.15. The SMILES string of the molecule is Cn1c(=O)n(CC2COC2)c2cc(NC(=O)c3cc(F)cc(C(F)(F)F)c3)c(C(=O)c3cc(F)ccc3Cl)c(C#N)c21. The molecule has 0 radical (unpaired) electrons. The highest BCUT2D eigenvalue weighted by Gasteiger charge is 2.33. The molecular formula is C28H18ClF5N4O4. The van der Waals surface area contributed by atoms with Crippen molar-refractivity contribution in [2.24, 2.45) is 13.0 Å². The van der Waals surface area contributed by atoms with Crippen molar-refractivity contribution in [3.05, 3.63) is 97.4 Å². The summed E-state index contributed by atoms with van der Waals surface area (Å²) in [6.45, 7) is 0.900. The van der Waals surface area contributed by atoms with Gasteiger partial charge in [-0.1, -0.05) is 11.6 Å². The summed E-state index contributed by atoms with van der Waals surface area (Å²) in [5.74, 6) is -4.49. The Kier molecular flexibility index (Phi) is 7.38. The Morgan fingerprint density at radius 1 is 1.12 bits per heavy atom. The summed E-state index contributed by atoms with van der Waals surface area (Å²) < 4.78 is 75.7. The van der Waals surface area contributed by atoms with Crippen molar-refractivity contribution in [2.45, 2.75) is 12.7 Å². The molecule has 1 aliphatic heterocycles. The minimum Gasteiger partial charge on any atom is -0.381 e. The highest BCUT2D eigenvalue weighted by molar-refractivity contribution is 6.35. The van der Waals surface area contributed by atoms with Crippen LogP contribution in [0.3, 0.4) is 0 Å². The molecule has 0 aliphatic carbocycles. The first-order valence-electron chi connectivity index (χ1n) is 12.2. The van der Waals surface area contributed by atoms with Crippen molar-refractivity contribution < 1.29 is 36.3 Å². The fourth-order valence-electron chi connectivity index (χ4n) is 4.74. The quantitative estimate of drug-likeness (QED) is 0.238. The lowest BCUT2D eigenvalue weighted by Gasteiger charge is -2.26. The van der Waals surface area contributed by atoms with Gasteiger partial charge < -0.3 is 10.1 Å². The van der Waals surface area contributed by atoms with Gasteiger partial charge in [-0.15, -0.1) is 0 Å². The van der Waals surface area contributed by atoms with E-state index in [2.05, 4.69) is 5.32 Å². The zero-order chi connectivity index (χ0) is 30.5. The predicted octanol–water partition coefficient (Wildman–Crippen LogP) is 5.29. The molecule has 1 saturated heterocycles. The predicted molar refractivity (Wildman–Crippen MR) is 140 cm³/mol. The summed E-state index contributed by atoms with van der Waals surface area (Å²) in [6.07, 6.45) is -4.97. The Hall–Kier alpha value is -4.54. The molecule has 3 aromatic carbocycles. The van der Waals surface area contributed by atoms with Gasteiger partial charge in [-0.2, -0.15) is 18.4 Å². The lowest BCUT2D eigenvalue weighted by Crippen LogP contribution is -2.35. The molecule has 0 bridgehead atoms. The van der Waals surface area contributed by atoms with E-state index < -0.39 is 57.6 Å². The number of anilines is 1. The van der Waals surface area contributed by atoms with Crippen LogP contribution >= 0.6 is 11.6 Å². The molecule has 14 heteroatoms. The molecule has 0 unspecified atom stereocenters. The van der Waals surface area contributed by atoms with E-state index >= 15 is 0 Å². The van der Waals surface area contributed by atoms with Crippen LogP contribution < -0.4 is 11.0 Å². The third-order valence-electron chi connectivity index (χ3n) is 6.82. The molecule has 1 amide bonds. The molecular weight excluding hydrogens is 587 g/mol. The smallest absolute Gasteiger partial charge is 0.381 e. The number of benzene rings is 3. The number of nitrogens with one attached hydrogen (secondary N) is 1. The highest BCUT2D eigenvalue weighted by atomic mass is 35.5. The van der Waals surface area contributed by atoms with Crippen LogP contribution in [0.25, 0.3) is 11.0 Å². The maximum atomic E-state index is 14.1. The van der Waals surface area contributed by atoms with Gasteiger partial charge in [0.05, 0.1) is 51.6 Å². The largest absolute Gasteiger partial charge is 0.416 e. The second kappa shape index (κ2) is 10.7. The lowest BCUT2D eigenvalue weighted by atomic mass is 9.95. The second-order valence-electron chi connectivity index (χ2n) is 9.64. The molecule has 5 rings (SSSR count). The van der Waals surface area contributed by atoms with E-state index in [4.69, 9.17) is 16.3 Å².